The zero-order chi connectivity index (χ0) is 18.5. The molecule has 6 nitrogen and oxygen atoms in total. The molecule has 134 valence electrons. The molecule has 2 amide bonds. The van der Waals surface area contributed by atoms with E-state index in [4.69, 9.17) is 4.74 Å². The summed E-state index contributed by atoms with van der Waals surface area (Å²) in [5, 5.41) is 2.77. The molecule has 0 bridgehead atoms. The highest BCUT2D eigenvalue weighted by molar-refractivity contribution is 6.06. The topological polar surface area (TPSA) is 75.7 Å². The van der Waals surface area contributed by atoms with E-state index in [2.05, 4.69) is 5.32 Å². The molecule has 0 saturated carbocycles. The van der Waals surface area contributed by atoms with Gasteiger partial charge in [-0.05, 0) is 31.2 Å². The number of carbonyl (C=O) groups is 3. The van der Waals surface area contributed by atoms with Crippen molar-refractivity contribution >= 4 is 29.2 Å². The summed E-state index contributed by atoms with van der Waals surface area (Å²) in [5.74, 6) is -1.33. The van der Waals surface area contributed by atoms with E-state index >= 15 is 0 Å². The van der Waals surface area contributed by atoms with E-state index in [0.29, 0.717) is 17.8 Å². The molecule has 0 unspecified atom stereocenters. The summed E-state index contributed by atoms with van der Waals surface area (Å²) in [6, 6.07) is 16.0. The highest BCUT2D eigenvalue weighted by Crippen LogP contribution is 2.26. The average Bonchev–Trinajstić information content (AvgIpc) is 3.05. The van der Waals surface area contributed by atoms with Crippen LogP contribution in [0, 0.1) is 5.92 Å². The van der Waals surface area contributed by atoms with Crippen molar-refractivity contribution < 1.29 is 19.1 Å². The lowest BCUT2D eigenvalue weighted by Crippen LogP contribution is -2.28. The largest absolute Gasteiger partial charge is 0.462 e. The minimum atomic E-state index is -0.489. The molecular formula is C20H20N2O4. The van der Waals surface area contributed by atoms with E-state index < -0.39 is 11.9 Å². The SMILES string of the molecule is CCOC(=O)c1ccccc1NC(=O)[C@H]1CC(=O)N(c2ccccc2)C1. The monoisotopic (exact) mass is 352 g/mol. The second-order valence-corrected chi connectivity index (χ2v) is 6.00. The van der Waals surface area contributed by atoms with Crippen LogP contribution in [-0.4, -0.2) is 30.9 Å². The Bertz CT molecular complexity index is 820. The van der Waals surface area contributed by atoms with Crippen molar-refractivity contribution in [3.63, 3.8) is 0 Å². The molecule has 0 radical (unpaired) electrons. The third-order valence-corrected chi connectivity index (χ3v) is 4.24. The minimum absolute atomic E-state index is 0.0879. The summed E-state index contributed by atoms with van der Waals surface area (Å²) in [6.07, 6.45) is 0.141. The lowest BCUT2D eigenvalue weighted by Gasteiger charge is -2.17. The van der Waals surface area contributed by atoms with Crippen LogP contribution in [0.5, 0.6) is 0 Å². The molecule has 6 heteroatoms. The molecule has 1 aliphatic heterocycles. The van der Waals surface area contributed by atoms with Gasteiger partial charge in [-0.1, -0.05) is 30.3 Å². The molecular weight excluding hydrogens is 332 g/mol. The zero-order valence-corrected chi connectivity index (χ0v) is 14.5. The molecule has 26 heavy (non-hydrogen) atoms. The number of para-hydroxylation sites is 2. The first kappa shape index (κ1) is 17.7. The summed E-state index contributed by atoms with van der Waals surface area (Å²) in [7, 11) is 0. The van der Waals surface area contributed by atoms with Gasteiger partial charge in [0.25, 0.3) is 0 Å². The minimum Gasteiger partial charge on any atom is -0.462 e. The molecule has 2 aromatic rings. The van der Waals surface area contributed by atoms with E-state index in [1.165, 1.54) is 0 Å². The molecule has 1 heterocycles. The van der Waals surface area contributed by atoms with Gasteiger partial charge >= 0.3 is 5.97 Å². The first-order valence-electron chi connectivity index (χ1n) is 8.52. The summed E-state index contributed by atoms with van der Waals surface area (Å²) in [4.78, 5) is 38.5. The van der Waals surface area contributed by atoms with Crippen molar-refractivity contribution in [3.8, 4) is 0 Å². The number of anilines is 2. The van der Waals surface area contributed by atoms with E-state index in [1.807, 2.05) is 30.3 Å². The number of nitrogens with one attached hydrogen (secondary N) is 1. The van der Waals surface area contributed by atoms with Crippen molar-refractivity contribution in [2.24, 2.45) is 5.92 Å². The lowest BCUT2D eigenvalue weighted by molar-refractivity contribution is -0.122. The maximum absolute atomic E-state index is 12.6. The second-order valence-electron chi connectivity index (χ2n) is 6.00. The predicted molar refractivity (Wildman–Crippen MR) is 97.9 cm³/mol. The number of rotatable bonds is 5. The fourth-order valence-electron chi connectivity index (χ4n) is 2.95. The molecule has 1 saturated heterocycles. The molecule has 1 N–H and O–H groups in total. The number of carbonyl (C=O) groups excluding carboxylic acids is 3. The molecule has 3 rings (SSSR count). The molecule has 1 aliphatic rings. The molecule has 1 atom stereocenters. The first-order valence-corrected chi connectivity index (χ1v) is 8.52. The number of hydrogen-bond donors (Lipinski definition) is 1. The molecule has 0 aliphatic carbocycles. The van der Waals surface area contributed by atoms with Crippen LogP contribution in [0.2, 0.25) is 0 Å². The van der Waals surface area contributed by atoms with Gasteiger partial charge in [0, 0.05) is 18.7 Å². The summed E-state index contributed by atoms with van der Waals surface area (Å²) in [5.41, 5.74) is 1.47. The lowest BCUT2D eigenvalue weighted by atomic mass is 10.1. The van der Waals surface area contributed by atoms with Crippen LogP contribution < -0.4 is 10.2 Å². The molecule has 2 aromatic carbocycles. The van der Waals surface area contributed by atoms with Crippen molar-refractivity contribution in [2.75, 3.05) is 23.4 Å². The maximum atomic E-state index is 12.6. The Labute approximate surface area is 151 Å². The quantitative estimate of drug-likeness (QED) is 0.840. The Hall–Kier alpha value is -3.15. The van der Waals surface area contributed by atoms with Gasteiger partial charge in [0.1, 0.15) is 0 Å². The number of benzene rings is 2. The summed E-state index contributed by atoms with van der Waals surface area (Å²) in [6.45, 7) is 2.29. The van der Waals surface area contributed by atoms with Crippen LogP contribution in [0.25, 0.3) is 0 Å². The fourth-order valence-corrected chi connectivity index (χ4v) is 2.95. The molecule has 0 spiro atoms. The van der Waals surface area contributed by atoms with Gasteiger partial charge in [0.05, 0.1) is 23.8 Å². The van der Waals surface area contributed by atoms with Crippen LogP contribution in [0.4, 0.5) is 11.4 Å². The smallest absolute Gasteiger partial charge is 0.340 e. The van der Waals surface area contributed by atoms with E-state index in [0.717, 1.165) is 5.69 Å². The van der Waals surface area contributed by atoms with Gasteiger partial charge in [-0.15, -0.1) is 0 Å². The maximum Gasteiger partial charge on any atom is 0.340 e. The van der Waals surface area contributed by atoms with Crippen molar-refractivity contribution in [1.29, 1.82) is 0 Å². The standard InChI is InChI=1S/C20H20N2O4/c1-2-26-20(25)16-10-6-7-11-17(16)21-19(24)14-12-18(23)22(13-14)15-8-4-3-5-9-15/h3-11,14H,2,12-13H2,1H3,(H,21,24)/t14-/m0/s1. The van der Waals surface area contributed by atoms with Crippen molar-refractivity contribution in [3.05, 3.63) is 60.2 Å². The fraction of sp³-hybridized carbons (Fsp3) is 0.250. The number of amides is 2. The summed E-state index contributed by atoms with van der Waals surface area (Å²) >= 11 is 0. The first-order chi connectivity index (χ1) is 12.6. The molecule has 0 aromatic heterocycles. The third kappa shape index (κ3) is 3.74. The van der Waals surface area contributed by atoms with Gasteiger partial charge in [-0.3, -0.25) is 9.59 Å². The Balaban J connectivity index is 1.72. The average molecular weight is 352 g/mol. The van der Waals surface area contributed by atoms with Crippen molar-refractivity contribution in [2.45, 2.75) is 13.3 Å². The normalized spacial score (nSPS) is 16.4. The van der Waals surface area contributed by atoms with Crippen LogP contribution >= 0.6 is 0 Å². The zero-order valence-electron chi connectivity index (χ0n) is 14.5. The highest BCUT2D eigenvalue weighted by atomic mass is 16.5. The summed E-state index contributed by atoms with van der Waals surface area (Å²) < 4.78 is 5.02. The van der Waals surface area contributed by atoms with Gasteiger partial charge in [0.15, 0.2) is 0 Å². The van der Waals surface area contributed by atoms with Gasteiger partial charge in [-0.2, -0.15) is 0 Å². The Morgan fingerprint density at radius 2 is 1.81 bits per heavy atom. The van der Waals surface area contributed by atoms with Crippen LogP contribution in [0.3, 0.4) is 0 Å². The number of nitrogens with zero attached hydrogens (tertiary/aromatic N) is 1. The van der Waals surface area contributed by atoms with Gasteiger partial charge in [0.2, 0.25) is 11.8 Å². The highest BCUT2D eigenvalue weighted by Gasteiger charge is 2.35. The van der Waals surface area contributed by atoms with Gasteiger partial charge < -0.3 is 15.0 Å². The Morgan fingerprint density at radius 3 is 2.54 bits per heavy atom. The Morgan fingerprint density at radius 1 is 1.12 bits per heavy atom. The van der Waals surface area contributed by atoms with E-state index in [-0.39, 0.29) is 24.8 Å². The van der Waals surface area contributed by atoms with Crippen LogP contribution in [-0.2, 0) is 14.3 Å². The second kappa shape index (κ2) is 7.82. The van der Waals surface area contributed by atoms with Crippen molar-refractivity contribution in [1.82, 2.24) is 0 Å². The third-order valence-electron chi connectivity index (χ3n) is 4.24. The van der Waals surface area contributed by atoms with Gasteiger partial charge in [-0.25, -0.2) is 4.79 Å². The van der Waals surface area contributed by atoms with Crippen LogP contribution in [0.15, 0.2) is 54.6 Å². The van der Waals surface area contributed by atoms with E-state index in [9.17, 15) is 14.4 Å². The predicted octanol–water partition coefficient (Wildman–Crippen LogP) is 2.85. The van der Waals surface area contributed by atoms with E-state index in [1.54, 1.807) is 36.1 Å². The number of hydrogen-bond acceptors (Lipinski definition) is 4. The molecule has 1 fully saturated rings. The Kier molecular flexibility index (Phi) is 5.31. The number of ether oxygens (including phenoxy) is 1. The van der Waals surface area contributed by atoms with Crippen LogP contribution in [0.1, 0.15) is 23.7 Å². The number of esters is 1.